The van der Waals surface area contributed by atoms with Crippen molar-refractivity contribution in [2.75, 3.05) is 20.3 Å². The Bertz CT molecular complexity index is 514. The summed E-state index contributed by atoms with van der Waals surface area (Å²) < 4.78 is 11.0. The van der Waals surface area contributed by atoms with Gasteiger partial charge in [-0.15, -0.1) is 0 Å². The summed E-state index contributed by atoms with van der Waals surface area (Å²) in [5.74, 6) is 2.46. The molecule has 0 saturated carbocycles. The number of aromatic amines is 1. The van der Waals surface area contributed by atoms with E-state index in [9.17, 15) is 0 Å². The number of rotatable bonds is 8. The first-order valence-electron chi connectivity index (χ1n) is 6.68. The van der Waals surface area contributed by atoms with Gasteiger partial charge >= 0.3 is 0 Å². The van der Waals surface area contributed by atoms with Crippen LogP contribution in [0.4, 0.5) is 0 Å². The maximum absolute atomic E-state index is 5.56. The lowest BCUT2D eigenvalue weighted by Gasteiger charge is -2.14. The summed E-state index contributed by atoms with van der Waals surface area (Å²) in [6.07, 6.45) is 2.33. The molecule has 6 heteroatoms. The van der Waals surface area contributed by atoms with Crippen LogP contribution in [-0.4, -0.2) is 35.4 Å². The molecular weight excluding hydrogens is 256 g/mol. The van der Waals surface area contributed by atoms with Gasteiger partial charge in [-0.25, -0.2) is 4.98 Å². The van der Waals surface area contributed by atoms with E-state index in [0.29, 0.717) is 6.61 Å². The van der Waals surface area contributed by atoms with Crippen LogP contribution in [0.25, 0.3) is 0 Å². The topological polar surface area (TPSA) is 72.1 Å². The number of benzene rings is 1. The minimum atomic E-state index is 0.624. The van der Waals surface area contributed by atoms with E-state index in [1.807, 2.05) is 25.1 Å². The quantitative estimate of drug-likeness (QED) is 0.716. The first kappa shape index (κ1) is 14.3. The standard InChI is InChI=1S/C14H20N4O2/c1-3-20-12-6-4-5-11(14(12)19-2)9-15-8-7-13-16-10-17-18-13/h4-6,10,15H,3,7-9H2,1-2H3,(H,16,17,18). The molecule has 0 atom stereocenters. The highest BCUT2D eigenvalue weighted by Gasteiger charge is 2.09. The lowest BCUT2D eigenvalue weighted by molar-refractivity contribution is 0.308. The molecule has 2 N–H and O–H groups in total. The van der Waals surface area contributed by atoms with Gasteiger partial charge in [0, 0.05) is 25.1 Å². The van der Waals surface area contributed by atoms with E-state index in [2.05, 4.69) is 20.5 Å². The molecule has 0 amide bonds. The van der Waals surface area contributed by atoms with Crippen molar-refractivity contribution in [2.24, 2.45) is 0 Å². The zero-order valence-corrected chi connectivity index (χ0v) is 11.8. The predicted octanol–water partition coefficient (Wildman–Crippen LogP) is 1.54. The summed E-state index contributed by atoms with van der Waals surface area (Å²) in [6.45, 7) is 4.12. The second kappa shape index (κ2) is 7.49. The number of aromatic nitrogens is 3. The highest BCUT2D eigenvalue weighted by molar-refractivity contribution is 5.46. The molecule has 2 aromatic rings. The molecule has 2 rings (SSSR count). The Morgan fingerprint density at radius 3 is 2.95 bits per heavy atom. The van der Waals surface area contributed by atoms with Crippen LogP contribution in [0.1, 0.15) is 18.3 Å². The van der Waals surface area contributed by atoms with E-state index >= 15 is 0 Å². The summed E-state index contributed by atoms with van der Waals surface area (Å²) in [7, 11) is 1.66. The van der Waals surface area contributed by atoms with Gasteiger partial charge in [-0.05, 0) is 13.0 Å². The minimum Gasteiger partial charge on any atom is -0.493 e. The van der Waals surface area contributed by atoms with Crippen molar-refractivity contribution in [3.8, 4) is 11.5 Å². The van der Waals surface area contributed by atoms with Crippen molar-refractivity contribution in [1.29, 1.82) is 0 Å². The third-order valence-electron chi connectivity index (χ3n) is 2.88. The van der Waals surface area contributed by atoms with E-state index in [1.165, 1.54) is 6.33 Å². The second-order valence-electron chi connectivity index (χ2n) is 4.24. The van der Waals surface area contributed by atoms with Crippen LogP contribution >= 0.6 is 0 Å². The molecule has 1 aromatic heterocycles. The van der Waals surface area contributed by atoms with Crippen LogP contribution in [-0.2, 0) is 13.0 Å². The predicted molar refractivity (Wildman–Crippen MR) is 76.0 cm³/mol. The zero-order valence-electron chi connectivity index (χ0n) is 11.8. The summed E-state index contributed by atoms with van der Waals surface area (Å²) in [5.41, 5.74) is 1.08. The van der Waals surface area contributed by atoms with E-state index in [-0.39, 0.29) is 0 Å². The zero-order chi connectivity index (χ0) is 14.2. The summed E-state index contributed by atoms with van der Waals surface area (Å²) in [6, 6.07) is 5.92. The molecule has 0 aliphatic carbocycles. The first-order valence-corrected chi connectivity index (χ1v) is 6.68. The minimum absolute atomic E-state index is 0.624. The number of ether oxygens (including phenoxy) is 2. The fourth-order valence-corrected chi connectivity index (χ4v) is 1.98. The van der Waals surface area contributed by atoms with Crippen molar-refractivity contribution in [3.63, 3.8) is 0 Å². The third-order valence-corrected chi connectivity index (χ3v) is 2.88. The summed E-state index contributed by atoms with van der Waals surface area (Å²) in [5, 5.41) is 10.0. The Hall–Kier alpha value is -2.08. The molecule has 0 spiro atoms. The van der Waals surface area contributed by atoms with Gasteiger partial charge in [0.25, 0.3) is 0 Å². The van der Waals surface area contributed by atoms with Crippen LogP contribution in [0.15, 0.2) is 24.5 Å². The molecule has 6 nitrogen and oxygen atoms in total. The Labute approximate surface area is 118 Å². The average Bonchev–Trinajstić information content (AvgIpc) is 2.97. The molecule has 0 radical (unpaired) electrons. The molecular formula is C14H20N4O2. The Morgan fingerprint density at radius 1 is 1.35 bits per heavy atom. The van der Waals surface area contributed by atoms with Crippen LogP contribution in [0.3, 0.4) is 0 Å². The van der Waals surface area contributed by atoms with Crippen molar-refractivity contribution >= 4 is 0 Å². The number of hydrogen-bond acceptors (Lipinski definition) is 5. The molecule has 0 aliphatic heterocycles. The monoisotopic (exact) mass is 276 g/mol. The Kier molecular flexibility index (Phi) is 5.37. The number of methoxy groups -OCH3 is 1. The first-order chi connectivity index (χ1) is 9.85. The number of hydrogen-bond donors (Lipinski definition) is 2. The maximum Gasteiger partial charge on any atom is 0.165 e. The van der Waals surface area contributed by atoms with Crippen molar-refractivity contribution in [2.45, 2.75) is 19.9 Å². The smallest absolute Gasteiger partial charge is 0.165 e. The van der Waals surface area contributed by atoms with Gasteiger partial charge in [0.05, 0.1) is 13.7 Å². The largest absolute Gasteiger partial charge is 0.493 e. The van der Waals surface area contributed by atoms with Gasteiger partial charge in [-0.1, -0.05) is 12.1 Å². The average molecular weight is 276 g/mol. The normalized spacial score (nSPS) is 10.5. The fourth-order valence-electron chi connectivity index (χ4n) is 1.98. The third kappa shape index (κ3) is 3.71. The molecule has 1 aromatic carbocycles. The molecule has 0 unspecified atom stereocenters. The van der Waals surface area contributed by atoms with Crippen LogP contribution < -0.4 is 14.8 Å². The number of nitrogens with zero attached hydrogens (tertiary/aromatic N) is 2. The Morgan fingerprint density at radius 2 is 2.25 bits per heavy atom. The lowest BCUT2D eigenvalue weighted by Crippen LogP contribution is -2.17. The van der Waals surface area contributed by atoms with E-state index in [1.54, 1.807) is 7.11 Å². The van der Waals surface area contributed by atoms with Gasteiger partial charge in [0.1, 0.15) is 12.2 Å². The van der Waals surface area contributed by atoms with Crippen molar-refractivity contribution in [1.82, 2.24) is 20.5 Å². The number of nitrogens with one attached hydrogen (secondary N) is 2. The van der Waals surface area contributed by atoms with Gasteiger partial charge in [-0.3, -0.25) is 5.10 Å². The van der Waals surface area contributed by atoms with E-state index in [4.69, 9.17) is 9.47 Å². The van der Waals surface area contributed by atoms with Crippen LogP contribution in [0.2, 0.25) is 0 Å². The van der Waals surface area contributed by atoms with Crippen LogP contribution in [0, 0.1) is 0 Å². The second-order valence-corrected chi connectivity index (χ2v) is 4.24. The molecule has 0 saturated heterocycles. The molecule has 0 fully saturated rings. The fraction of sp³-hybridized carbons (Fsp3) is 0.429. The lowest BCUT2D eigenvalue weighted by atomic mass is 10.2. The summed E-state index contributed by atoms with van der Waals surface area (Å²) >= 11 is 0. The molecule has 0 aliphatic rings. The van der Waals surface area contributed by atoms with Gasteiger partial charge in [-0.2, -0.15) is 5.10 Å². The highest BCUT2D eigenvalue weighted by Crippen LogP contribution is 2.30. The number of H-pyrrole nitrogens is 1. The van der Waals surface area contributed by atoms with E-state index in [0.717, 1.165) is 42.4 Å². The summed E-state index contributed by atoms with van der Waals surface area (Å²) in [4.78, 5) is 4.08. The number of para-hydroxylation sites is 1. The van der Waals surface area contributed by atoms with Crippen molar-refractivity contribution in [3.05, 3.63) is 35.9 Å². The SMILES string of the molecule is CCOc1cccc(CNCCc2ncn[nH]2)c1OC. The highest BCUT2D eigenvalue weighted by atomic mass is 16.5. The van der Waals surface area contributed by atoms with Gasteiger partial charge < -0.3 is 14.8 Å². The molecule has 1 heterocycles. The van der Waals surface area contributed by atoms with Crippen LogP contribution in [0.5, 0.6) is 11.5 Å². The molecule has 108 valence electrons. The van der Waals surface area contributed by atoms with Gasteiger partial charge in [0.15, 0.2) is 11.5 Å². The van der Waals surface area contributed by atoms with E-state index < -0.39 is 0 Å². The molecule has 20 heavy (non-hydrogen) atoms. The molecule has 0 bridgehead atoms. The van der Waals surface area contributed by atoms with Gasteiger partial charge in [0.2, 0.25) is 0 Å². The Balaban J connectivity index is 1.90. The maximum atomic E-state index is 5.56. The van der Waals surface area contributed by atoms with Crippen molar-refractivity contribution < 1.29 is 9.47 Å².